The van der Waals surface area contributed by atoms with Crippen LogP contribution in [-0.4, -0.2) is 39.3 Å². The molecule has 12 heavy (non-hydrogen) atoms. The molecule has 1 aliphatic heterocycles. The van der Waals surface area contributed by atoms with E-state index in [0.29, 0.717) is 13.0 Å². The van der Waals surface area contributed by atoms with Crippen molar-refractivity contribution in [3.05, 3.63) is 0 Å². The standard InChI is InChI=1S/C7H10BrNO3/c1-4-6(8)5(10)2-3-9(4)7(11)12/h4,6H,2-3H2,1H3,(H,11,12). The highest BCUT2D eigenvalue weighted by atomic mass is 79.9. The molecule has 0 spiro atoms. The number of ketones is 1. The maximum Gasteiger partial charge on any atom is 0.407 e. The van der Waals surface area contributed by atoms with Gasteiger partial charge in [0.25, 0.3) is 0 Å². The number of alkyl halides is 1. The summed E-state index contributed by atoms with van der Waals surface area (Å²) in [5.74, 6) is 0.0833. The normalized spacial score (nSPS) is 30.5. The summed E-state index contributed by atoms with van der Waals surface area (Å²) in [5.41, 5.74) is 0. The molecule has 2 unspecified atom stereocenters. The Labute approximate surface area is 78.7 Å². The third-order valence-electron chi connectivity index (χ3n) is 2.07. The molecule has 0 bridgehead atoms. The van der Waals surface area contributed by atoms with E-state index in [9.17, 15) is 9.59 Å². The van der Waals surface area contributed by atoms with Gasteiger partial charge in [-0.1, -0.05) is 15.9 Å². The van der Waals surface area contributed by atoms with Crippen LogP contribution in [0.1, 0.15) is 13.3 Å². The Morgan fingerprint density at radius 1 is 1.75 bits per heavy atom. The van der Waals surface area contributed by atoms with Crippen LogP contribution in [0, 0.1) is 0 Å². The fraction of sp³-hybridized carbons (Fsp3) is 0.714. The Hall–Kier alpha value is -0.580. The summed E-state index contributed by atoms with van der Waals surface area (Å²) in [7, 11) is 0. The minimum absolute atomic E-state index is 0.0833. The SMILES string of the molecule is CC1C(Br)C(=O)CCN1C(=O)O. The molecule has 0 aromatic carbocycles. The Morgan fingerprint density at radius 3 is 2.83 bits per heavy atom. The van der Waals surface area contributed by atoms with Crippen molar-refractivity contribution in [2.24, 2.45) is 0 Å². The zero-order valence-electron chi connectivity index (χ0n) is 6.66. The van der Waals surface area contributed by atoms with Gasteiger partial charge >= 0.3 is 6.09 Å². The lowest BCUT2D eigenvalue weighted by Crippen LogP contribution is -2.50. The minimum atomic E-state index is -0.959. The van der Waals surface area contributed by atoms with E-state index >= 15 is 0 Å². The Kier molecular flexibility index (Phi) is 2.72. The fourth-order valence-electron chi connectivity index (χ4n) is 1.27. The summed E-state index contributed by atoms with van der Waals surface area (Å²) in [6.07, 6.45) is -0.647. The molecule has 0 saturated carbocycles. The van der Waals surface area contributed by atoms with Crippen molar-refractivity contribution in [1.82, 2.24) is 4.90 Å². The molecule has 1 aliphatic rings. The zero-order chi connectivity index (χ0) is 9.30. The predicted molar refractivity (Wildman–Crippen MR) is 46.5 cm³/mol. The van der Waals surface area contributed by atoms with E-state index in [2.05, 4.69) is 15.9 Å². The van der Waals surface area contributed by atoms with Crippen molar-refractivity contribution in [3.63, 3.8) is 0 Å². The summed E-state index contributed by atoms with van der Waals surface area (Å²) in [4.78, 5) is 22.7. The zero-order valence-corrected chi connectivity index (χ0v) is 8.24. The molecule has 1 rings (SSSR count). The maximum absolute atomic E-state index is 11.1. The van der Waals surface area contributed by atoms with Crippen molar-refractivity contribution < 1.29 is 14.7 Å². The number of carboxylic acid groups (broad SMARTS) is 1. The van der Waals surface area contributed by atoms with Gasteiger partial charge in [-0.25, -0.2) is 4.79 Å². The molecule has 1 N–H and O–H groups in total. The van der Waals surface area contributed by atoms with Crippen LogP contribution in [0.15, 0.2) is 0 Å². The average molecular weight is 236 g/mol. The summed E-state index contributed by atoms with van der Waals surface area (Å²) >= 11 is 3.17. The molecule has 0 aliphatic carbocycles. The van der Waals surface area contributed by atoms with E-state index < -0.39 is 6.09 Å². The van der Waals surface area contributed by atoms with Crippen molar-refractivity contribution >= 4 is 27.8 Å². The number of Topliss-reactive ketones (excluding diaryl/α,β-unsaturated/α-hetero) is 1. The van der Waals surface area contributed by atoms with Gasteiger partial charge in [-0.3, -0.25) is 4.79 Å². The lowest BCUT2D eigenvalue weighted by molar-refractivity contribution is -0.121. The molecule has 1 saturated heterocycles. The first-order valence-electron chi connectivity index (χ1n) is 3.70. The molecule has 0 aromatic rings. The van der Waals surface area contributed by atoms with Gasteiger partial charge in [0.05, 0.1) is 10.9 Å². The van der Waals surface area contributed by atoms with E-state index in [0.717, 1.165) is 0 Å². The molecular formula is C7H10BrNO3. The monoisotopic (exact) mass is 235 g/mol. The average Bonchev–Trinajstić information content (AvgIpc) is 2.00. The first-order valence-corrected chi connectivity index (χ1v) is 4.62. The van der Waals surface area contributed by atoms with Crippen molar-refractivity contribution in [1.29, 1.82) is 0 Å². The molecule has 1 amide bonds. The van der Waals surface area contributed by atoms with Crippen LogP contribution in [-0.2, 0) is 4.79 Å². The van der Waals surface area contributed by atoms with Crippen LogP contribution in [0.4, 0.5) is 4.79 Å². The number of amides is 1. The van der Waals surface area contributed by atoms with E-state index in [1.165, 1.54) is 4.90 Å². The lowest BCUT2D eigenvalue weighted by Gasteiger charge is -2.33. The van der Waals surface area contributed by atoms with Crippen LogP contribution >= 0.6 is 15.9 Å². The van der Waals surface area contributed by atoms with Crippen LogP contribution in [0.3, 0.4) is 0 Å². The van der Waals surface area contributed by atoms with Gasteiger partial charge in [-0.2, -0.15) is 0 Å². The molecule has 1 fully saturated rings. The second-order valence-corrected chi connectivity index (χ2v) is 3.82. The highest BCUT2D eigenvalue weighted by Crippen LogP contribution is 2.20. The number of nitrogens with zero attached hydrogens (tertiary/aromatic N) is 1. The van der Waals surface area contributed by atoms with Crippen LogP contribution in [0.25, 0.3) is 0 Å². The van der Waals surface area contributed by atoms with Gasteiger partial charge in [0.15, 0.2) is 0 Å². The van der Waals surface area contributed by atoms with Crippen molar-refractivity contribution in [2.75, 3.05) is 6.54 Å². The second-order valence-electron chi connectivity index (χ2n) is 2.83. The highest BCUT2D eigenvalue weighted by molar-refractivity contribution is 9.10. The first kappa shape index (κ1) is 9.51. The number of hydrogen-bond acceptors (Lipinski definition) is 2. The van der Waals surface area contributed by atoms with Gasteiger partial charge in [-0.05, 0) is 6.92 Å². The largest absolute Gasteiger partial charge is 0.465 e. The lowest BCUT2D eigenvalue weighted by atomic mass is 10.0. The summed E-state index contributed by atoms with van der Waals surface area (Å²) < 4.78 is 0. The third kappa shape index (κ3) is 1.60. The molecule has 0 aromatic heterocycles. The van der Waals surface area contributed by atoms with Crippen molar-refractivity contribution in [2.45, 2.75) is 24.2 Å². The highest BCUT2D eigenvalue weighted by Gasteiger charge is 2.34. The number of carbonyl (C=O) groups excluding carboxylic acids is 1. The van der Waals surface area contributed by atoms with Gasteiger partial charge in [0, 0.05) is 13.0 Å². The van der Waals surface area contributed by atoms with Crippen molar-refractivity contribution in [3.8, 4) is 0 Å². The Bertz CT molecular complexity index is 219. The smallest absolute Gasteiger partial charge is 0.407 e. The molecule has 4 nitrogen and oxygen atoms in total. The number of carbonyl (C=O) groups is 2. The maximum atomic E-state index is 11.1. The Balaban J connectivity index is 2.71. The second kappa shape index (κ2) is 3.43. The fourth-order valence-corrected chi connectivity index (χ4v) is 1.78. The summed E-state index contributed by atoms with van der Waals surface area (Å²) in [5, 5.41) is 8.71. The van der Waals surface area contributed by atoms with E-state index in [1.54, 1.807) is 6.92 Å². The molecule has 1 heterocycles. The molecular weight excluding hydrogens is 226 g/mol. The predicted octanol–water partition coefficient (Wildman–Crippen LogP) is 1.09. The topological polar surface area (TPSA) is 57.6 Å². The number of halogens is 1. The van der Waals surface area contributed by atoms with E-state index in [-0.39, 0.29) is 16.7 Å². The van der Waals surface area contributed by atoms with E-state index in [1.807, 2.05) is 0 Å². The van der Waals surface area contributed by atoms with Gasteiger partial charge in [-0.15, -0.1) is 0 Å². The Morgan fingerprint density at radius 2 is 2.33 bits per heavy atom. The van der Waals surface area contributed by atoms with Gasteiger partial charge in [0.1, 0.15) is 5.78 Å². The van der Waals surface area contributed by atoms with Gasteiger partial charge < -0.3 is 10.0 Å². The number of hydrogen-bond donors (Lipinski definition) is 1. The minimum Gasteiger partial charge on any atom is -0.465 e. The molecule has 68 valence electrons. The number of rotatable bonds is 0. The summed E-state index contributed by atoms with van der Waals surface area (Å²) in [6, 6.07) is -0.260. The van der Waals surface area contributed by atoms with Crippen LogP contribution < -0.4 is 0 Å². The molecule has 2 atom stereocenters. The molecule has 0 radical (unpaired) electrons. The number of piperidine rings is 1. The first-order chi connectivity index (χ1) is 5.54. The quantitative estimate of drug-likeness (QED) is 0.640. The third-order valence-corrected chi connectivity index (χ3v) is 3.34. The van der Waals surface area contributed by atoms with Gasteiger partial charge in [0.2, 0.25) is 0 Å². The van der Waals surface area contributed by atoms with Crippen LogP contribution in [0.2, 0.25) is 0 Å². The van der Waals surface area contributed by atoms with E-state index in [4.69, 9.17) is 5.11 Å². The number of likely N-dealkylation sites (tertiary alicyclic amines) is 1. The van der Waals surface area contributed by atoms with Crippen LogP contribution in [0.5, 0.6) is 0 Å². The summed E-state index contributed by atoms with van der Waals surface area (Å²) in [6.45, 7) is 2.04. The molecule has 5 heteroatoms.